The van der Waals surface area contributed by atoms with Gasteiger partial charge >= 0.3 is 6.18 Å². The molecule has 178 valence electrons. The van der Waals surface area contributed by atoms with Gasteiger partial charge in [0.15, 0.2) is 0 Å². The molecule has 2 aliphatic rings. The summed E-state index contributed by atoms with van der Waals surface area (Å²) in [6, 6.07) is 12.0. The lowest BCUT2D eigenvalue weighted by Gasteiger charge is -2.38. The summed E-state index contributed by atoms with van der Waals surface area (Å²) in [6.45, 7) is 4.10. The summed E-state index contributed by atoms with van der Waals surface area (Å²) in [5, 5.41) is 0. The van der Waals surface area contributed by atoms with Crippen molar-refractivity contribution in [1.29, 1.82) is 0 Å². The number of carbonyl (C=O) groups is 1. The van der Waals surface area contributed by atoms with Crippen molar-refractivity contribution in [3.05, 3.63) is 59.2 Å². The van der Waals surface area contributed by atoms with E-state index in [0.29, 0.717) is 31.6 Å². The molecule has 0 aliphatic carbocycles. The number of alkyl halides is 3. The highest BCUT2D eigenvalue weighted by Crippen LogP contribution is 2.37. The maximum absolute atomic E-state index is 13.6. The molecule has 2 fully saturated rings. The highest BCUT2D eigenvalue weighted by molar-refractivity contribution is 5.80. The van der Waals surface area contributed by atoms with Gasteiger partial charge in [0.05, 0.1) is 23.0 Å². The van der Waals surface area contributed by atoms with Crippen molar-refractivity contribution in [1.82, 2.24) is 4.90 Å². The van der Waals surface area contributed by atoms with Crippen LogP contribution in [0.4, 0.5) is 24.5 Å². The number of nitrogen functional groups attached to an aromatic ring is 1. The molecule has 0 saturated carbocycles. The number of nitrogens with two attached hydrogens (primary N) is 1. The van der Waals surface area contributed by atoms with E-state index in [4.69, 9.17) is 5.73 Å². The number of aryl methyl sites for hydroxylation is 1. The molecule has 0 spiro atoms. The first kappa shape index (κ1) is 23.5. The molecule has 0 radical (unpaired) electrons. The summed E-state index contributed by atoms with van der Waals surface area (Å²) in [4.78, 5) is 17.7. The lowest BCUT2D eigenvalue weighted by molar-refractivity contribution is -0.139. The van der Waals surface area contributed by atoms with Crippen molar-refractivity contribution in [2.45, 2.75) is 57.7 Å². The molecule has 4 rings (SSSR count). The zero-order chi connectivity index (χ0) is 23.6. The second kappa shape index (κ2) is 9.65. The Morgan fingerprint density at radius 2 is 1.70 bits per heavy atom. The summed E-state index contributed by atoms with van der Waals surface area (Å²) in [5.41, 5.74) is 8.41. The molecule has 2 heterocycles. The SMILES string of the molecule is Cc1ccccc1[C@H]1CCCCCN1C(=O)C1CCN(c2ccc(C(F)(F)F)cc2N)CC1. The summed E-state index contributed by atoms with van der Waals surface area (Å²) in [7, 11) is 0. The van der Waals surface area contributed by atoms with Crippen LogP contribution in [0.1, 0.15) is 61.3 Å². The van der Waals surface area contributed by atoms with Crippen LogP contribution < -0.4 is 10.6 Å². The van der Waals surface area contributed by atoms with Gasteiger partial charge in [0, 0.05) is 25.6 Å². The number of likely N-dealkylation sites (tertiary alicyclic amines) is 1. The lowest BCUT2D eigenvalue weighted by Crippen LogP contribution is -2.44. The van der Waals surface area contributed by atoms with Crippen molar-refractivity contribution in [3.63, 3.8) is 0 Å². The summed E-state index contributed by atoms with van der Waals surface area (Å²) < 4.78 is 38.9. The highest BCUT2D eigenvalue weighted by atomic mass is 19.4. The Bertz CT molecular complexity index is 983. The standard InChI is InChI=1S/C26H32F3N3O/c1-18-7-4-5-8-21(18)23-9-3-2-6-14-32(23)25(33)19-12-15-31(16-13-19)24-11-10-20(17-22(24)30)26(27,28)29/h4-5,7-8,10-11,17,19,23H,2-3,6,9,12-16,30H2,1H3/t23-/m1/s1. The molecule has 1 amide bonds. The number of hydrogen-bond donors (Lipinski definition) is 1. The van der Waals surface area contributed by atoms with Gasteiger partial charge in [-0.1, -0.05) is 37.1 Å². The van der Waals surface area contributed by atoms with E-state index in [1.165, 1.54) is 17.2 Å². The summed E-state index contributed by atoms with van der Waals surface area (Å²) in [6.07, 6.45) is 1.21. The molecule has 1 atom stereocenters. The predicted molar refractivity (Wildman–Crippen MR) is 125 cm³/mol. The van der Waals surface area contributed by atoms with Crippen molar-refractivity contribution >= 4 is 17.3 Å². The van der Waals surface area contributed by atoms with E-state index in [2.05, 4.69) is 24.0 Å². The second-order valence-electron chi connectivity index (χ2n) is 9.29. The first-order valence-corrected chi connectivity index (χ1v) is 11.8. The molecule has 0 bridgehead atoms. The van der Waals surface area contributed by atoms with Crippen LogP contribution in [-0.4, -0.2) is 30.4 Å². The fourth-order valence-electron chi connectivity index (χ4n) is 5.28. The number of carbonyl (C=O) groups excluding carboxylic acids is 1. The van der Waals surface area contributed by atoms with Crippen molar-refractivity contribution in [2.75, 3.05) is 30.3 Å². The van der Waals surface area contributed by atoms with Gasteiger partial charge in [-0.15, -0.1) is 0 Å². The van der Waals surface area contributed by atoms with Crippen LogP contribution in [-0.2, 0) is 11.0 Å². The smallest absolute Gasteiger partial charge is 0.397 e. The van der Waals surface area contributed by atoms with Crippen LogP contribution in [0, 0.1) is 12.8 Å². The Balaban J connectivity index is 1.45. The minimum Gasteiger partial charge on any atom is -0.397 e. The third kappa shape index (κ3) is 5.12. The molecule has 0 unspecified atom stereocenters. The Kier molecular flexibility index (Phi) is 6.86. The Labute approximate surface area is 193 Å². The number of piperidine rings is 1. The van der Waals surface area contributed by atoms with Gasteiger partial charge < -0.3 is 15.5 Å². The maximum Gasteiger partial charge on any atom is 0.416 e. The molecule has 0 aromatic heterocycles. The van der Waals surface area contributed by atoms with Crippen LogP contribution in [0.3, 0.4) is 0 Å². The van der Waals surface area contributed by atoms with E-state index in [-0.39, 0.29) is 23.6 Å². The van der Waals surface area contributed by atoms with E-state index < -0.39 is 11.7 Å². The lowest BCUT2D eigenvalue weighted by atomic mass is 9.91. The van der Waals surface area contributed by atoms with Gasteiger partial charge in [0.25, 0.3) is 0 Å². The van der Waals surface area contributed by atoms with Crippen LogP contribution in [0.15, 0.2) is 42.5 Å². The van der Waals surface area contributed by atoms with Crippen molar-refractivity contribution in [3.8, 4) is 0 Å². The highest BCUT2D eigenvalue weighted by Gasteiger charge is 2.35. The average Bonchev–Trinajstić information content (AvgIpc) is 3.04. The minimum absolute atomic E-state index is 0.0680. The van der Waals surface area contributed by atoms with E-state index >= 15 is 0 Å². The zero-order valence-corrected chi connectivity index (χ0v) is 19.1. The van der Waals surface area contributed by atoms with E-state index in [1.54, 1.807) is 0 Å². The van der Waals surface area contributed by atoms with Gasteiger partial charge in [-0.3, -0.25) is 4.79 Å². The minimum atomic E-state index is -4.41. The normalized spacial score (nSPS) is 20.5. The third-order valence-electron chi connectivity index (χ3n) is 7.12. The topological polar surface area (TPSA) is 49.6 Å². The predicted octanol–water partition coefficient (Wildman–Crippen LogP) is 5.96. The fourth-order valence-corrected chi connectivity index (χ4v) is 5.28. The number of benzene rings is 2. The molecule has 2 aliphatic heterocycles. The van der Waals surface area contributed by atoms with E-state index in [0.717, 1.165) is 44.4 Å². The summed E-state index contributed by atoms with van der Waals surface area (Å²) >= 11 is 0. The Hall–Kier alpha value is -2.70. The zero-order valence-electron chi connectivity index (χ0n) is 19.1. The quantitative estimate of drug-likeness (QED) is 0.577. The van der Waals surface area contributed by atoms with Crippen LogP contribution in [0.2, 0.25) is 0 Å². The molecule has 4 nitrogen and oxygen atoms in total. The van der Waals surface area contributed by atoms with Crippen LogP contribution >= 0.6 is 0 Å². The molecule has 7 heteroatoms. The largest absolute Gasteiger partial charge is 0.416 e. The molecular formula is C26H32F3N3O. The number of amides is 1. The van der Waals surface area contributed by atoms with E-state index in [1.807, 2.05) is 17.0 Å². The van der Waals surface area contributed by atoms with Gasteiger partial charge in [-0.2, -0.15) is 13.2 Å². The second-order valence-corrected chi connectivity index (χ2v) is 9.29. The van der Waals surface area contributed by atoms with Gasteiger partial charge in [-0.05, 0) is 61.9 Å². The van der Waals surface area contributed by atoms with Crippen molar-refractivity contribution < 1.29 is 18.0 Å². The monoisotopic (exact) mass is 459 g/mol. The molecule has 2 saturated heterocycles. The maximum atomic E-state index is 13.6. The fraction of sp³-hybridized carbons (Fsp3) is 0.500. The van der Waals surface area contributed by atoms with Gasteiger partial charge in [0.2, 0.25) is 5.91 Å². The molecule has 2 aromatic rings. The van der Waals surface area contributed by atoms with E-state index in [9.17, 15) is 18.0 Å². The first-order valence-electron chi connectivity index (χ1n) is 11.8. The molecular weight excluding hydrogens is 427 g/mol. The number of rotatable bonds is 3. The number of halogens is 3. The molecule has 33 heavy (non-hydrogen) atoms. The number of nitrogens with zero attached hydrogens (tertiary/aromatic N) is 2. The number of anilines is 2. The van der Waals surface area contributed by atoms with Gasteiger partial charge in [-0.25, -0.2) is 0 Å². The third-order valence-corrected chi connectivity index (χ3v) is 7.12. The van der Waals surface area contributed by atoms with Crippen LogP contribution in [0.5, 0.6) is 0 Å². The average molecular weight is 460 g/mol. The first-order chi connectivity index (χ1) is 15.8. The van der Waals surface area contributed by atoms with Crippen LogP contribution in [0.25, 0.3) is 0 Å². The summed E-state index contributed by atoms with van der Waals surface area (Å²) in [5.74, 6) is 0.145. The Morgan fingerprint density at radius 1 is 0.970 bits per heavy atom. The number of hydrogen-bond acceptors (Lipinski definition) is 3. The molecule has 2 aromatic carbocycles. The van der Waals surface area contributed by atoms with Crippen molar-refractivity contribution in [2.24, 2.45) is 5.92 Å². The Morgan fingerprint density at radius 3 is 2.36 bits per heavy atom. The molecule has 2 N–H and O–H groups in total. The van der Waals surface area contributed by atoms with Gasteiger partial charge in [0.1, 0.15) is 0 Å².